The highest BCUT2D eigenvalue weighted by atomic mass is 35.5. The number of amides is 1. The summed E-state index contributed by atoms with van der Waals surface area (Å²) in [5, 5.41) is 7.49. The SMILES string of the molecule is CN(C)c1nc(N[C@H]2CC[C@@H](CNC(=O)c3c(F)cccc3Cl)CC2)nc2ccccc12. The van der Waals surface area contributed by atoms with Crippen molar-refractivity contribution in [2.24, 2.45) is 5.92 Å². The average Bonchev–Trinajstić information content (AvgIpc) is 2.78. The van der Waals surface area contributed by atoms with Gasteiger partial charge in [0, 0.05) is 32.1 Å². The quantitative estimate of drug-likeness (QED) is 0.553. The van der Waals surface area contributed by atoms with Crippen LogP contribution < -0.4 is 15.5 Å². The van der Waals surface area contributed by atoms with Crippen molar-refractivity contribution in [1.29, 1.82) is 0 Å². The maximum Gasteiger partial charge on any atom is 0.255 e. The number of anilines is 2. The van der Waals surface area contributed by atoms with Crippen molar-refractivity contribution < 1.29 is 9.18 Å². The number of hydrogen-bond acceptors (Lipinski definition) is 5. The molecule has 1 amide bonds. The number of rotatable bonds is 6. The van der Waals surface area contributed by atoms with Gasteiger partial charge in [0.1, 0.15) is 11.6 Å². The van der Waals surface area contributed by atoms with Crippen LogP contribution in [0.4, 0.5) is 16.2 Å². The van der Waals surface area contributed by atoms with Gasteiger partial charge in [0.25, 0.3) is 5.91 Å². The van der Waals surface area contributed by atoms with Gasteiger partial charge in [-0.3, -0.25) is 4.79 Å². The average molecular weight is 456 g/mol. The molecule has 1 aliphatic rings. The molecule has 1 saturated carbocycles. The van der Waals surface area contributed by atoms with Gasteiger partial charge in [-0.1, -0.05) is 29.8 Å². The molecule has 1 fully saturated rings. The lowest BCUT2D eigenvalue weighted by Gasteiger charge is -2.29. The van der Waals surface area contributed by atoms with Crippen LogP contribution in [0.1, 0.15) is 36.0 Å². The van der Waals surface area contributed by atoms with Crippen molar-refractivity contribution in [3.63, 3.8) is 0 Å². The number of nitrogens with one attached hydrogen (secondary N) is 2. The minimum atomic E-state index is -0.601. The van der Waals surface area contributed by atoms with Gasteiger partial charge < -0.3 is 15.5 Å². The fourth-order valence-electron chi connectivity index (χ4n) is 4.20. The first-order valence-corrected chi connectivity index (χ1v) is 11.2. The molecule has 0 spiro atoms. The Morgan fingerprint density at radius 3 is 2.56 bits per heavy atom. The summed E-state index contributed by atoms with van der Waals surface area (Å²) in [5.74, 6) is 0.807. The number of nitrogens with zero attached hydrogens (tertiary/aromatic N) is 3. The zero-order valence-corrected chi connectivity index (χ0v) is 19.0. The number of benzene rings is 2. The Morgan fingerprint density at radius 2 is 1.84 bits per heavy atom. The van der Waals surface area contributed by atoms with Gasteiger partial charge >= 0.3 is 0 Å². The Hall–Kier alpha value is -2.93. The molecular weight excluding hydrogens is 429 g/mol. The molecule has 2 N–H and O–H groups in total. The highest BCUT2D eigenvalue weighted by molar-refractivity contribution is 6.33. The second-order valence-electron chi connectivity index (χ2n) is 8.45. The summed E-state index contributed by atoms with van der Waals surface area (Å²) in [6.45, 7) is 0.507. The molecule has 0 atom stereocenters. The van der Waals surface area contributed by atoms with Gasteiger partial charge in [0.15, 0.2) is 0 Å². The molecule has 4 rings (SSSR count). The van der Waals surface area contributed by atoms with Gasteiger partial charge in [-0.15, -0.1) is 0 Å². The molecule has 0 unspecified atom stereocenters. The lowest BCUT2D eigenvalue weighted by atomic mass is 9.86. The second kappa shape index (κ2) is 9.69. The van der Waals surface area contributed by atoms with Crippen LogP contribution in [0.25, 0.3) is 10.9 Å². The predicted octanol–water partition coefficient (Wildman–Crippen LogP) is 4.89. The summed E-state index contributed by atoms with van der Waals surface area (Å²) < 4.78 is 13.9. The van der Waals surface area contributed by atoms with E-state index < -0.39 is 11.7 Å². The van der Waals surface area contributed by atoms with E-state index in [1.807, 2.05) is 43.3 Å². The van der Waals surface area contributed by atoms with E-state index in [-0.39, 0.29) is 16.6 Å². The first-order chi connectivity index (χ1) is 15.4. The van der Waals surface area contributed by atoms with E-state index in [9.17, 15) is 9.18 Å². The summed E-state index contributed by atoms with van der Waals surface area (Å²) >= 11 is 5.99. The normalized spacial score (nSPS) is 18.4. The third-order valence-electron chi connectivity index (χ3n) is 5.93. The van der Waals surface area contributed by atoms with Crippen molar-refractivity contribution >= 4 is 40.2 Å². The minimum Gasteiger partial charge on any atom is -0.362 e. The molecule has 32 heavy (non-hydrogen) atoms. The number of hydrogen-bond donors (Lipinski definition) is 2. The molecule has 2 aromatic carbocycles. The Balaban J connectivity index is 1.33. The number of carbonyl (C=O) groups excluding carboxylic acids is 1. The van der Waals surface area contributed by atoms with Crippen molar-refractivity contribution in [1.82, 2.24) is 15.3 Å². The maximum atomic E-state index is 13.9. The number of aromatic nitrogens is 2. The highest BCUT2D eigenvalue weighted by Gasteiger charge is 2.24. The van der Waals surface area contributed by atoms with Crippen molar-refractivity contribution in [3.8, 4) is 0 Å². The van der Waals surface area contributed by atoms with Crippen LogP contribution in [0.3, 0.4) is 0 Å². The zero-order chi connectivity index (χ0) is 22.7. The van der Waals surface area contributed by atoms with Crippen molar-refractivity contribution in [2.45, 2.75) is 31.7 Å². The van der Waals surface area contributed by atoms with Gasteiger partial charge in [0.05, 0.1) is 16.1 Å². The summed E-state index contributed by atoms with van der Waals surface area (Å²) in [7, 11) is 3.96. The fraction of sp³-hybridized carbons (Fsp3) is 0.375. The van der Waals surface area contributed by atoms with E-state index in [0.717, 1.165) is 42.4 Å². The molecule has 0 radical (unpaired) electrons. The molecular formula is C24H27ClFN5O. The van der Waals surface area contributed by atoms with Crippen LogP contribution in [0.5, 0.6) is 0 Å². The summed E-state index contributed by atoms with van der Waals surface area (Å²) in [5.41, 5.74) is 0.826. The predicted molar refractivity (Wildman–Crippen MR) is 127 cm³/mol. The fourth-order valence-corrected chi connectivity index (χ4v) is 4.45. The van der Waals surface area contributed by atoms with E-state index in [2.05, 4.69) is 15.6 Å². The standard InChI is InChI=1S/C24H27ClFN5O/c1-31(2)22-17-6-3-4-9-20(17)29-24(30-22)28-16-12-10-15(11-13-16)14-27-23(32)21-18(25)7-5-8-19(21)26/h3-9,15-16H,10-14H2,1-2H3,(H,27,32)(H,28,29,30)/t15-,16+. The molecule has 3 aromatic rings. The topological polar surface area (TPSA) is 70.2 Å². The first-order valence-electron chi connectivity index (χ1n) is 10.8. The van der Waals surface area contributed by atoms with Gasteiger partial charge in [0.2, 0.25) is 5.95 Å². The summed E-state index contributed by atoms with van der Waals surface area (Å²) in [4.78, 5) is 23.8. The van der Waals surface area contributed by atoms with Crippen LogP contribution in [0.15, 0.2) is 42.5 Å². The van der Waals surface area contributed by atoms with E-state index in [1.54, 1.807) is 0 Å². The van der Waals surface area contributed by atoms with Crippen LogP contribution in [0.2, 0.25) is 5.02 Å². The monoisotopic (exact) mass is 455 g/mol. The molecule has 0 bridgehead atoms. The maximum absolute atomic E-state index is 13.9. The number of carbonyl (C=O) groups is 1. The van der Waals surface area contributed by atoms with Gasteiger partial charge in [-0.2, -0.15) is 4.98 Å². The summed E-state index contributed by atoms with van der Waals surface area (Å²) in [6.07, 6.45) is 3.82. The largest absolute Gasteiger partial charge is 0.362 e. The molecule has 1 heterocycles. The van der Waals surface area contributed by atoms with E-state index in [0.29, 0.717) is 18.4 Å². The molecule has 8 heteroatoms. The molecule has 1 aliphatic carbocycles. The smallest absolute Gasteiger partial charge is 0.255 e. The van der Waals surface area contributed by atoms with Crippen LogP contribution >= 0.6 is 11.6 Å². The van der Waals surface area contributed by atoms with Crippen LogP contribution in [-0.4, -0.2) is 42.6 Å². The molecule has 1 aromatic heterocycles. The Labute approximate surface area is 192 Å². The molecule has 168 valence electrons. The number of halogens is 2. The zero-order valence-electron chi connectivity index (χ0n) is 18.2. The third-order valence-corrected chi connectivity index (χ3v) is 6.24. The van der Waals surface area contributed by atoms with Crippen molar-refractivity contribution in [3.05, 3.63) is 58.9 Å². The lowest BCUT2D eigenvalue weighted by molar-refractivity contribution is 0.0939. The van der Waals surface area contributed by atoms with Gasteiger partial charge in [-0.05, 0) is 55.9 Å². The van der Waals surface area contributed by atoms with Crippen molar-refractivity contribution in [2.75, 3.05) is 30.9 Å². The van der Waals surface area contributed by atoms with E-state index >= 15 is 0 Å². The Morgan fingerprint density at radius 1 is 1.09 bits per heavy atom. The second-order valence-corrected chi connectivity index (χ2v) is 8.86. The number of para-hydroxylation sites is 1. The van der Waals surface area contributed by atoms with E-state index in [1.165, 1.54) is 18.2 Å². The number of fused-ring (bicyclic) bond motifs is 1. The van der Waals surface area contributed by atoms with E-state index in [4.69, 9.17) is 16.6 Å². The van der Waals surface area contributed by atoms with Gasteiger partial charge in [-0.25, -0.2) is 9.37 Å². The lowest BCUT2D eigenvalue weighted by Crippen LogP contribution is -2.34. The Kier molecular flexibility index (Phi) is 6.74. The minimum absolute atomic E-state index is 0.0883. The highest BCUT2D eigenvalue weighted by Crippen LogP contribution is 2.28. The first kappa shape index (κ1) is 22.3. The van der Waals surface area contributed by atoms with Crippen LogP contribution in [-0.2, 0) is 0 Å². The third kappa shape index (κ3) is 4.93. The summed E-state index contributed by atoms with van der Waals surface area (Å²) in [6, 6.07) is 12.5. The molecule has 6 nitrogen and oxygen atoms in total. The molecule has 0 aliphatic heterocycles. The molecule has 0 saturated heterocycles. The van der Waals surface area contributed by atoms with Crippen LogP contribution in [0, 0.1) is 11.7 Å². The Bertz CT molecular complexity index is 1090.